The molecule has 0 aliphatic rings. The van der Waals surface area contributed by atoms with E-state index in [1.54, 1.807) is 22.0 Å². The van der Waals surface area contributed by atoms with Gasteiger partial charge in [-0.2, -0.15) is 18.2 Å². The zero-order valence-electron chi connectivity index (χ0n) is 33.4. The van der Waals surface area contributed by atoms with Crippen LogP contribution in [-0.2, 0) is 43.9 Å². The molecule has 0 spiro atoms. The SMILES string of the molecule is C.[Br][Pt].[c-]1c(-n2[c-][n+](Cc3ccccc3)cn2)cccc1-n1[c-][n+](Cc2ccccc2)cn1.c1ccc(C[n+]2cnn(-c3cccc(-n4c[n+](Cc5ccccc5)cn4)c3)c2)cc1. The molecule has 4 aromatic heterocycles. The minimum Gasteiger partial charge on any atom is -0.338 e. The van der Waals surface area contributed by atoms with Crippen molar-refractivity contribution in [3.8, 4) is 22.7 Å². The summed E-state index contributed by atoms with van der Waals surface area (Å²) in [6.45, 7) is 3.01. The normalized spacial score (nSPS) is 10.5. The topological polar surface area (TPSA) is 86.8 Å². The van der Waals surface area contributed by atoms with Gasteiger partial charge in [-0.1, -0.05) is 166 Å². The van der Waals surface area contributed by atoms with Gasteiger partial charge in [0.05, 0.1) is 26.2 Å². The minimum atomic E-state index is 0. The molecule has 0 radical (unpaired) electrons. The molecular weight excluding hydrogens is 1030 g/mol. The average Bonchev–Trinajstić information content (AvgIpc) is 4.19. The van der Waals surface area contributed by atoms with Crippen molar-refractivity contribution in [2.24, 2.45) is 0 Å². The monoisotopic (exact) mass is 1080 g/mol. The maximum Gasteiger partial charge on any atom is 0.265 e. The number of nitrogens with zero attached hydrogens (tertiary/aromatic N) is 12. The van der Waals surface area contributed by atoms with Gasteiger partial charge in [-0.15, -0.1) is 0 Å². The minimum absolute atomic E-state index is 0. The third-order valence-corrected chi connectivity index (χ3v) is 9.61. The van der Waals surface area contributed by atoms with Crippen LogP contribution in [0.1, 0.15) is 29.7 Å². The first-order valence-electron chi connectivity index (χ1n) is 19.7. The Labute approximate surface area is 385 Å². The van der Waals surface area contributed by atoms with Crippen LogP contribution < -0.4 is 18.3 Å². The second kappa shape index (κ2) is 22.2. The van der Waals surface area contributed by atoms with Crippen LogP contribution in [-0.4, -0.2) is 39.1 Å². The van der Waals surface area contributed by atoms with Gasteiger partial charge in [0.25, 0.3) is 12.7 Å². The Morgan fingerprint density at radius 1 is 0.429 bits per heavy atom. The van der Waals surface area contributed by atoms with Crippen molar-refractivity contribution in [3.05, 3.63) is 243 Å². The van der Waals surface area contributed by atoms with Crippen molar-refractivity contribution in [1.29, 1.82) is 0 Å². The van der Waals surface area contributed by atoms with E-state index in [4.69, 9.17) is 0 Å². The summed E-state index contributed by atoms with van der Waals surface area (Å²) in [7, 11) is 0. The van der Waals surface area contributed by atoms with E-state index in [1.165, 1.54) is 22.3 Å². The fourth-order valence-corrected chi connectivity index (χ4v) is 6.65. The van der Waals surface area contributed by atoms with E-state index in [-0.39, 0.29) is 7.43 Å². The van der Waals surface area contributed by atoms with Crippen LogP contribution in [0.25, 0.3) is 22.7 Å². The molecule has 14 heteroatoms. The third-order valence-electron chi connectivity index (χ3n) is 9.61. The number of aromatic nitrogens is 12. The molecule has 12 nitrogen and oxygen atoms in total. The molecular formula is C49H45BrN12Pt+. The maximum absolute atomic E-state index is 4.52. The second-order valence-electron chi connectivity index (χ2n) is 14.2. The first-order valence-corrected chi connectivity index (χ1v) is 24.7. The van der Waals surface area contributed by atoms with Crippen LogP contribution in [0.3, 0.4) is 0 Å². The van der Waals surface area contributed by atoms with Crippen LogP contribution >= 0.6 is 13.3 Å². The summed E-state index contributed by atoms with van der Waals surface area (Å²) in [5.41, 5.74) is 8.45. The van der Waals surface area contributed by atoms with Crippen molar-refractivity contribution in [2.75, 3.05) is 0 Å². The van der Waals surface area contributed by atoms with Gasteiger partial charge in [-0.3, -0.25) is 0 Å². The molecule has 10 rings (SSSR count). The molecule has 4 heterocycles. The average molecular weight is 1080 g/mol. The quantitative estimate of drug-likeness (QED) is 0.106. The fraction of sp³-hybridized carbons (Fsp3) is 0.102. The summed E-state index contributed by atoms with van der Waals surface area (Å²) in [5.74, 6) is 0. The molecule has 0 aliphatic carbocycles. The molecule has 10 aromatic rings. The van der Waals surface area contributed by atoms with Gasteiger partial charge in [0, 0.05) is 16.3 Å². The van der Waals surface area contributed by atoms with Gasteiger partial charge >= 0.3 is 31.1 Å². The predicted molar refractivity (Wildman–Crippen MR) is 236 cm³/mol. The first kappa shape index (κ1) is 44.1. The summed E-state index contributed by atoms with van der Waals surface area (Å²) in [5, 5.41) is 17.9. The van der Waals surface area contributed by atoms with Crippen LogP contribution in [0.4, 0.5) is 0 Å². The standard InChI is InChI=1S/C24H22N6.C24H19N6.CH4.BrH.Pt/c2*1-3-8-21(9-4-1)15-27-17-25-29(19-27)23-12-7-13-24(14-23)30-20-28(18-26-30)16-22-10-5-2-6-11-22;;;/h1-14,17-20H,15-16H2;1-13,17-18H,15-16H2;1H4;1H;/q+2;-1;;;+1/p-1. The summed E-state index contributed by atoms with van der Waals surface area (Å²) < 4.78 is 15.1. The molecule has 0 unspecified atom stereocenters. The van der Waals surface area contributed by atoms with Gasteiger partial charge < -0.3 is 9.13 Å². The number of hydrogen-bond donors (Lipinski definition) is 0. The van der Waals surface area contributed by atoms with Gasteiger partial charge in [0.1, 0.15) is 11.4 Å². The van der Waals surface area contributed by atoms with Gasteiger partial charge in [-0.25, -0.2) is 24.6 Å². The molecule has 0 bridgehead atoms. The summed E-state index contributed by atoms with van der Waals surface area (Å²) >= 11 is 4.86. The number of benzene rings is 6. The molecule has 0 saturated heterocycles. The van der Waals surface area contributed by atoms with E-state index in [0.717, 1.165) is 35.8 Å². The zero-order chi connectivity index (χ0) is 42.4. The van der Waals surface area contributed by atoms with Crippen molar-refractivity contribution in [3.63, 3.8) is 0 Å². The molecule has 0 amide bonds. The van der Waals surface area contributed by atoms with E-state index in [1.807, 2.05) is 146 Å². The van der Waals surface area contributed by atoms with E-state index in [0.29, 0.717) is 13.1 Å². The third kappa shape index (κ3) is 12.1. The van der Waals surface area contributed by atoms with Crippen molar-refractivity contribution in [1.82, 2.24) is 39.1 Å². The molecule has 0 N–H and O–H groups in total. The van der Waals surface area contributed by atoms with Crippen LogP contribution in [0.5, 0.6) is 0 Å². The Morgan fingerprint density at radius 2 is 0.794 bits per heavy atom. The van der Waals surface area contributed by atoms with Crippen molar-refractivity contribution < 1.29 is 36.0 Å². The molecule has 6 aromatic carbocycles. The van der Waals surface area contributed by atoms with E-state index < -0.39 is 0 Å². The predicted octanol–water partition coefficient (Wildman–Crippen LogP) is 6.34. The van der Waals surface area contributed by atoms with Gasteiger partial charge in [-0.05, 0) is 34.4 Å². The smallest absolute Gasteiger partial charge is 0.265 e. The zero-order valence-corrected chi connectivity index (χ0v) is 37.3. The summed E-state index contributed by atoms with van der Waals surface area (Å²) in [6, 6.07) is 58.6. The molecule has 0 atom stereocenters. The van der Waals surface area contributed by atoms with E-state index >= 15 is 0 Å². The molecule has 317 valence electrons. The van der Waals surface area contributed by atoms with Crippen LogP contribution in [0, 0.1) is 18.7 Å². The number of hydrogen-bond acceptors (Lipinski definition) is 4. The summed E-state index contributed by atoms with van der Waals surface area (Å²) in [6.07, 6.45) is 17.7. The van der Waals surface area contributed by atoms with Gasteiger partial charge in [0.15, 0.2) is 25.3 Å². The Morgan fingerprint density at radius 3 is 1.19 bits per heavy atom. The maximum atomic E-state index is 4.52. The van der Waals surface area contributed by atoms with Gasteiger partial charge in [0.2, 0.25) is 12.7 Å². The second-order valence-corrected chi connectivity index (χ2v) is 14.2. The number of rotatable bonds is 12. The Hall–Kier alpha value is -6.95. The largest absolute Gasteiger partial charge is 0.338 e. The molecule has 0 fully saturated rings. The Bertz CT molecular complexity index is 2510. The van der Waals surface area contributed by atoms with E-state index in [9.17, 15) is 0 Å². The fourth-order valence-electron chi connectivity index (χ4n) is 6.65. The Balaban J connectivity index is 0.000000179. The Kier molecular flexibility index (Phi) is 15.6. The van der Waals surface area contributed by atoms with Crippen molar-refractivity contribution in [2.45, 2.75) is 33.6 Å². The molecule has 63 heavy (non-hydrogen) atoms. The molecule has 0 aliphatic heterocycles. The van der Waals surface area contributed by atoms with E-state index in [2.05, 4.69) is 140 Å². The van der Waals surface area contributed by atoms with Crippen LogP contribution in [0.15, 0.2) is 202 Å². The first-order chi connectivity index (χ1) is 30.7. The summed E-state index contributed by atoms with van der Waals surface area (Å²) in [4.78, 5) is 0. The number of halogens is 1. The van der Waals surface area contributed by atoms with Crippen molar-refractivity contribution >= 4 is 13.3 Å². The molecule has 0 saturated carbocycles. The van der Waals surface area contributed by atoms with Crippen LogP contribution in [0.2, 0.25) is 0 Å².